The van der Waals surface area contributed by atoms with Crippen LogP contribution in [0.15, 0.2) is 0 Å². The number of carbonyl (C=O) groups excluding carboxylic acids is 1. The molecule has 2 aliphatic carbocycles. The van der Waals surface area contributed by atoms with Gasteiger partial charge in [0.25, 0.3) is 0 Å². The molecule has 2 fully saturated rings. The summed E-state index contributed by atoms with van der Waals surface area (Å²) in [5.41, 5.74) is 0. The van der Waals surface area contributed by atoms with Gasteiger partial charge in [0, 0.05) is 12.5 Å². The molecule has 0 radical (unpaired) electrons. The molecule has 1 N–H and O–H groups in total. The molecule has 0 heterocycles. The largest absolute Gasteiger partial charge is 0.743 e. The second-order valence-corrected chi connectivity index (χ2v) is 7.26. The number of nitrogens with one attached hydrogen (secondary N) is 1. The minimum absolute atomic E-state index is 0.0831. The highest BCUT2D eigenvalue weighted by atomic mass is 32.2. The lowest BCUT2D eigenvalue weighted by molar-refractivity contribution is 0.0583. The maximum Gasteiger partial charge on any atom is 0.407 e. The molecule has 21 heavy (non-hydrogen) atoms. The Morgan fingerprint density at radius 2 is 2.05 bits per heavy atom. The third-order valence-corrected chi connectivity index (χ3v) is 5.19. The molecular formula is C12H18F2NO5S-. The van der Waals surface area contributed by atoms with Gasteiger partial charge >= 0.3 is 11.3 Å². The lowest BCUT2D eigenvalue weighted by Gasteiger charge is -2.22. The maximum atomic E-state index is 12.8. The first-order valence-corrected chi connectivity index (χ1v) is 8.36. The van der Waals surface area contributed by atoms with Crippen LogP contribution in [0, 0.1) is 11.8 Å². The fraction of sp³-hybridized carbons (Fsp3) is 0.917. The second kappa shape index (κ2) is 6.04. The van der Waals surface area contributed by atoms with Crippen LogP contribution in [0.1, 0.15) is 38.5 Å². The molecule has 0 aromatic heterocycles. The van der Waals surface area contributed by atoms with Crippen molar-refractivity contribution in [3.63, 3.8) is 0 Å². The van der Waals surface area contributed by atoms with Crippen LogP contribution < -0.4 is 5.32 Å². The lowest BCUT2D eigenvalue weighted by Crippen LogP contribution is -2.39. The van der Waals surface area contributed by atoms with Gasteiger partial charge in [0.05, 0.1) is 6.61 Å². The van der Waals surface area contributed by atoms with Crippen LogP contribution in [-0.4, -0.2) is 37.0 Å². The standard InChI is InChI=1S/C12H19F2NO5S/c13-12(14,21(17,18)19)4-1-5-20-11(16)15-10-7-8-2-3-9(10)6-8/h8-10H,1-7H2,(H,15,16)(H,17,18,19)/p-1. The van der Waals surface area contributed by atoms with Crippen molar-refractivity contribution < 1.29 is 31.3 Å². The zero-order chi connectivity index (χ0) is 15.7. The van der Waals surface area contributed by atoms with Crippen LogP contribution >= 0.6 is 0 Å². The Balaban J connectivity index is 1.64. The lowest BCUT2D eigenvalue weighted by atomic mass is 9.96. The van der Waals surface area contributed by atoms with Crippen molar-refractivity contribution in [2.24, 2.45) is 11.8 Å². The predicted octanol–water partition coefficient (Wildman–Crippen LogP) is 1.82. The number of rotatable bonds is 6. The van der Waals surface area contributed by atoms with E-state index in [9.17, 15) is 26.5 Å². The topological polar surface area (TPSA) is 95.5 Å². The van der Waals surface area contributed by atoms with Gasteiger partial charge in [0.2, 0.25) is 0 Å². The Morgan fingerprint density at radius 3 is 2.57 bits per heavy atom. The number of carbonyl (C=O) groups is 1. The number of ether oxygens (including phenoxy) is 1. The molecule has 6 nitrogen and oxygen atoms in total. The first-order chi connectivity index (χ1) is 9.69. The molecule has 0 aromatic carbocycles. The normalized spacial score (nSPS) is 28.6. The van der Waals surface area contributed by atoms with E-state index in [0.29, 0.717) is 11.8 Å². The van der Waals surface area contributed by atoms with Crippen molar-refractivity contribution in [3.05, 3.63) is 0 Å². The smallest absolute Gasteiger partial charge is 0.407 e. The van der Waals surface area contributed by atoms with Crippen LogP contribution in [0.2, 0.25) is 0 Å². The van der Waals surface area contributed by atoms with Crippen LogP contribution in [0.4, 0.5) is 13.6 Å². The quantitative estimate of drug-likeness (QED) is 0.593. The predicted molar refractivity (Wildman–Crippen MR) is 67.6 cm³/mol. The number of alkyl halides is 2. The number of halogens is 2. The third kappa shape index (κ3) is 4.03. The van der Waals surface area contributed by atoms with E-state index in [1.807, 2.05) is 0 Å². The summed E-state index contributed by atoms with van der Waals surface area (Å²) in [5.74, 6) is 1.12. The Hall–Kier alpha value is -0.960. The summed E-state index contributed by atoms with van der Waals surface area (Å²) in [5, 5.41) is -1.61. The van der Waals surface area contributed by atoms with Crippen molar-refractivity contribution in [3.8, 4) is 0 Å². The molecular weight excluding hydrogens is 308 g/mol. The highest BCUT2D eigenvalue weighted by Gasteiger charge is 2.40. The summed E-state index contributed by atoms with van der Waals surface area (Å²) in [6.45, 7) is -0.349. The SMILES string of the molecule is O=C(NC1CC2CCC1C2)OCCCC(F)(F)S(=O)(=O)[O-]. The van der Waals surface area contributed by atoms with E-state index >= 15 is 0 Å². The van der Waals surface area contributed by atoms with E-state index in [4.69, 9.17) is 4.74 Å². The van der Waals surface area contributed by atoms with Gasteiger partial charge in [-0.05, 0) is 37.5 Å². The third-order valence-electron chi connectivity index (χ3n) is 4.25. The van der Waals surface area contributed by atoms with Crippen LogP contribution in [0.3, 0.4) is 0 Å². The van der Waals surface area contributed by atoms with Crippen LogP contribution in [0.25, 0.3) is 0 Å². The van der Waals surface area contributed by atoms with Crippen LogP contribution in [-0.2, 0) is 14.9 Å². The molecule has 2 bridgehead atoms. The number of fused-ring (bicyclic) bond motifs is 2. The van der Waals surface area contributed by atoms with Crippen molar-refractivity contribution >= 4 is 16.2 Å². The van der Waals surface area contributed by atoms with Gasteiger partial charge in [-0.15, -0.1) is 0 Å². The zero-order valence-electron chi connectivity index (χ0n) is 11.4. The fourth-order valence-electron chi connectivity index (χ4n) is 3.18. The van der Waals surface area contributed by atoms with Gasteiger partial charge in [-0.3, -0.25) is 0 Å². The summed E-state index contributed by atoms with van der Waals surface area (Å²) in [4.78, 5) is 11.5. The Labute approximate surface area is 122 Å². The fourth-order valence-corrected chi connectivity index (χ4v) is 3.58. The Bertz CT molecular complexity index is 496. The van der Waals surface area contributed by atoms with Crippen molar-refractivity contribution in [1.29, 1.82) is 0 Å². The van der Waals surface area contributed by atoms with Gasteiger partial charge in [-0.1, -0.05) is 6.42 Å². The number of hydrogen-bond acceptors (Lipinski definition) is 5. The molecule has 0 saturated heterocycles. The molecule has 0 spiro atoms. The van der Waals surface area contributed by atoms with Gasteiger partial charge < -0.3 is 14.6 Å². The van der Waals surface area contributed by atoms with E-state index in [1.165, 1.54) is 6.42 Å². The minimum atomic E-state index is -5.67. The highest BCUT2D eigenvalue weighted by molar-refractivity contribution is 7.86. The number of amides is 1. The molecule has 1 amide bonds. The first kappa shape index (κ1) is 16.4. The summed E-state index contributed by atoms with van der Waals surface area (Å²) in [6, 6.07) is 0.0831. The van der Waals surface area contributed by atoms with Gasteiger partial charge in [-0.25, -0.2) is 13.2 Å². The molecule has 3 atom stereocenters. The molecule has 2 rings (SSSR count). The summed E-state index contributed by atoms with van der Waals surface area (Å²) in [7, 11) is -5.67. The summed E-state index contributed by atoms with van der Waals surface area (Å²) >= 11 is 0. The van der Waals surface area contributed by atoms with E-state index in [1.54, 1.807) is 0 Å². The maximum absolute atomic E-state index is 12.8. The molecule has 2 aliphatic rings. The second-order valence-electron chi connectivity index (χ2n) is 5.76. The molecule has 2 saturated carbocycles. The van der Waals surface area contributed by atoms with Gasteiger partial charge in [0.1, 0.15) is 0 Å². The Kier molecular flexibility index (Phi) is 4.72. The van der Waals surface area contributed by atoms with Gasteiger partial charge in [-0.2, -0.15) is 8.78 Å². The summed E-state index contributed by atoms with van der Waals surface area (Å²) in [6.07, 6.45) is 2.09. The highest BCUT2D eigenvalue weighted by Crippen LogP contribution is 2.44. The summed E-state index contributed by atoms with van der Waals surface area (Å²) < 4.78 is 61.2. The zero-order valence-corrected chi connectivity index (χ0v) is 12.2. The molecule has 122 valence electrons. The number of alkyl carbamates (subject to hydrolysis) is 1. The minimum Gasteiger partial charge on any atom is -0.743 e. The molecule has 0 aliphatic heterocycles. The first-order valence-electron chi connectivity index (χ1n) is 6.95. The van der Waals surface area contributed by atoms with Crippen molar-refractivity contribution in [1.82, 2.24) is 5.32 Å². The Morgan fingerprint density at radius 1 is 1.33 bits per heavy atom. The van der Waals surface area contributed by atoms with Crippen LogP contribution in [0.5, 0.6) is 0 Å². The molecule has 3 unspecified atom stereocenters. The van der Waals surface area contributed by atoms with Gasteiger partial charge in [0.15, 0.2) is 10.1 Å². The average molecular weight is 326 g/mol. The van der Waals surface area contributed by atoms with E-state index < -0.39 is 34.3 Å². The molecule has 0 aromatic rings. The van der Waals surface area contributed by atoms with Crippen molar-refractivity contribution in [2.75, 3.05) is 6.61 Å². The van der Waals surface area contributed by atoms with Crippen molar-refractivity contribution in [2.45, 2.75) is 49.8 Å². The number of hydrogen-bond donors (Lipinski definition) is 1. The molecule has 9 heteroatoms. The van der Waals surface area contributed by atoms with E-state index in [0.717, 1.165) is 19.3 Å². The average Bonchev–Trinajstić information content (AvgIpc) is 2.95. The monoisotopic (exact) mass is 326 g/mol. The van der Waals surface area contributed by atoms with E-state index in [-0.39, 0.29) is 12.6 Å². The van der Waals surface area contributed by atoms with E-state index in [2.05, 4.69) is 5.32 Å².